The van der Waals surface area contributed by atoms with Crippen LogP contribution in [0.5, 0.6) is 0 Å². The molecule has 1 aromatic carbocycles. The second-order valence-corrected chi connectivity index (χ2v) is 2.44. The van der Waals surface area contributed by atoms with Gasteiger partial charge in [0.15, 0.2) is 0 Å². The third-order valence-electron chi connectivity index (χ3n) is 1.74. The Morgan fingerprint density at radius 3 is 3.00 bits per heavy atom. The first-order valence-electron chi connectivity index (χ1n) is 3.49. The lowest BCUT2D eigenvalue weighted by atomic mass is 9.92. The van der Waals surface area contributed by atoms with E-state index < -0.39 is 0 Å². The maximum atomic E-state index is 3.25. The van der Waals surface area contributed by atoms with Crippen molar-refractivity contribution in [1.29, 1.82) is 0 Å². The van der Waals surface area contributed by atoms with Gasteiger partial charge in [-0.05, 0) is 30.4 Å². The number of rotatable bonds is 0. The Morgan fingerprint density at radius 1 is 1.20 bits per heavy atom. The summed E-state index contributed by atoms with van der Waals surface area (Å²) >= 11 is 0. The predicted octanol–water partition coefficient (Wildman–Crippen LogP) is 2.14. The van der Waals surface area contributed by atoms with Crippen molar-refractivity contribution in [2.75, 3.05) is 0 Å². The molecule has 0 N–H and O–H groups in total. The van der Waals surface area contributed by atoms with Crippen LogP contribution in [-0.2, 0) is 6.42 Å². The van der Waals surface area contributed by atoms with Crippen molar-refractivity contribution in [3.63, 3.8) is 0 Å². The molecule has 1 aliphatic rings. The van der Waals surface area contributed by atoms with Crippen LogP contribution in [-0.4, -0.2) is 0 Å². The summed E-state index contributed by atoms with van der Waals surface area (Å²) in [7, 11) is 0. The van der Waals surface area contributed by atoms with E-state index in [4.69, 9.17) is 0 Å². The lowest BCUT2D eigenvalue weighted by Gasteiger charge is -2.12. The Hall–Kier alpha value is -0.780. The average Bonchev–Trinajstić information content (AvgIpc) is 2.05. The number of benzene rings is 1. The first-order chi connectivity index (χ1) is 4.97. The largest absolute Gasteiger partial charge is 0.0620 e. The molecule has 0 aliphatic heterocycles. The van der Waals surface area contributed by atoms with Crippen LogP contribution in [0.4, 0.5) is 0 Å². The zero-order chi connectivity index (χ0) is 6.81. The second-order valence-electron chi connectivity index (χ2n) is 2.44. The van der Waals surface area contributed by atoms with Gasteiger partial charge >= 0.3 is 0 Å². The molecule has 0 fully saturated rings. The molecule has 4 radical (unpaired) electrons. The van der Waals surface area contributed by atoms with E-state index in [1.165, 1.54) is 11.1 Å². The summed E-state index contributed by atoms with van der Waals surface area (Å²) in [4.78, 5) is 0. The summed E-state index contributed by atoms with van der Waals surface area (Å²) in [5, 5.41) is 0. The zero-order valence-corrected chi connectivity index (χ0v) is 5.72. The molecule has 48 valence electrons. The van der Waals surface area contributed by atoms with Crippen molar-refractivity contribution < 1.29 is 0 Å². The fourth-order valence-corrected chi connectivity index (χ4v) is 1.20. The van der Waals surface area contributed by atoms with Gasteiger partial charge in [-0.3, -0.25) is 0 Å². The number of hydrogen-bond acceptors (Lipinski definition) is 0. The molecule has 0 aromatic heterocycles. The fourth-order valence-electron chi connectivity index (χ4n) is 1.20. The van der Waals surface area contributed by atoms with Gasteiger partial charge in [-0.25, -0.2) is 0 Å². The summed E-state index contributed by atoms with van der Waals surface area (Å²) < 4.78 is 0. The minimum Gasteiger partial charge on any atom is -0.0620 e. The number of fused-ring (bicyclic) bond motifs is 1. The summed E-state index contributed by atoms with van der Waals surface area (Å²) in [5.74, 6) is 0. The highest BCUT2D eigenvalue weighted by Crippen LogP contribution is 2.20. The van der Waals surface area contributed by atoms with Gasteiger partial charge in [-0.15, -0.1) is 0 Å². The van der Waals surface area contributed by atoms with Gasteiger partial charge in [0, 0.05) is 6.42 Å². The van der Waals surface area contributed by atoms with Gasteiger partial charge in [0.25, 0.3) is 0 Å². The standard InChI is InChI=1S/C10H8/c1-2-6-10-8-4-3-7-9(10)5-1/h1-2,5-6H,3,8H2. The highest BCUT2D eigenvalue weighted by molar-refractivity contribution is 5.36. The van der Waals surface area contributed by atoms with Crippen molar-refractivity contribution in [1.82, 2.24) is 0 Å². The number of hydrogen-bond donors (Lipinski definition) is 0. The molecule has 0 unspecified atom stereocenters. The third kappa shape index (κ3) is 0.942. The Bertz CT molecular complexity index is 200. The Balaban J connectivity index is 2.41. The quantitative estimate of drug-likeness (QED) is 0.502. The molecule has 0 spiro atoms. The molecular weight excluding hydrogens is 120 g/mol. The van der Waals surface area contributed by atoms with E-state index in [-0.39, 0.29) is 0 Å². The molecule has 0 amide bonds. The van der Waals surface area contributed by atoms with E-state index in [1.54, 1.807) is 0 Å². The van der Waals surface area contributed by atoms with Crippen molar-refractivity contribution >= 4 is 0 Å². The van der Waals surface area contributed by atoms with E-state index in [0.29, 0.717) is 0 Å². The molecule has 1 aromatic rings. The van der Waals surface area contributed by atoms with E-state index >= 15 is 0 Å². The van der Waals surface area contributed by atoms with Crippen LogP contribution in [0.2, 0.25) is 0 Å². The minimum absolute atomic E-state index is 0.886. The van der Waals surface area contributed by atoms with Crippen LogP contribution in [0.15, 0.2) is 24.3 Å². The van der Waals surface area contributed by atoms with Gasteiger partial charge in [0.2, 0.25) is 0 Å². The molecule has 10 heavy (non-hydrogen) atoms. The summed E-state index contributed by atoms with van der Waals surface area (Å²) in [6.45, 7) is 0. The Morgan fingerprint density at radius 2 is 2.10 bits per heavy atom. The van der Waals surface area contributed by atoms with Gasteiger partial charge in [-0.1, -0.05) is 24.3 Å². The van der Waals surface area contributed by atoms with E-state index in [1.807, 2.05) is 0 Å². The smallest absolute Gasteiger partial charge is 0.0173 e. The average molecular weight is 128 g/mol. The van der Waals surface area contributed by atoms with Gasteiger partial charge in [0.05, 0.1) is 0 Å². The molecule has 0 bridgehead atoms. The van der Waals surface area contributed by atoms with Crippen molar-refractivity contribution in [2.24, 2.45) is 0 Å². The Kier molecular flexibility index (Phi) is 1.46. The predicted molar refractivity (Wildman–Crippen MR) is 40.4 cm³/mol. The first kappa shape index (κ1) is 5.96. The van der Waals surface area contributed by atoms with Crippen molar-refractivity contribution in [2.45, 2.75) is 12.8 Å². The van der Waals surface area contributed by atoms with E-state index in [9.17, 15) is 0 Å². The first-order valence-corrected chi connectivity index (χ1v) is 3.49. The topological polar surface area (TPSA) is 0 Å². The van der Waals surface area contributed by atoms with Crippen LogP contribution in [0, 0.1) is 12.8 Å². The second kappa shape index (κ2) is 2.45. The molecule has 0 saturated carbocycles. The van der Waals surface area contributed by atoms with Crippen LogP contribution in [0.25, 0.3) is 0 Å². The molecule has 0 atom stereocenters. The maximum Gasteiger partial charge on any atom is 0.0173 e. The summed E-state index contributed by atoms with van der Waals surface area (Å²) in [6, 6.07) is 8.36. The van der Waals surface area contributed by atoms with Crippen molar-refractivity contribution in [3.8, 4) is 0 Å². The molecule has 0 heteroatoms. The minimum atomic E-state index is 0.886. The highest BCUT2D eigenvalue weighted by atomic mass is 14.1. The molecule has 2 rings (SSSR count). The molecule has 1 aliphatic carbocycles. The fraction of sp³-hybridized carbons (Fsp3) is 0.200. The zero-order valence-electron chi connectivity index (χ0n) is 5.72. The van der Waals surface area contributed by atoms with E-state index in [0.717, 1.165) is 12.8 Å². The van der Waals surface area contributed by atoms with E-state index in [2.05, 4.69) is 37.1 Å². The normalized spacial score (nSPS) is 16.4. The van der Waals surface area contributed by atoms with Gasteiger partial charge in [0.1, 0.15) is 0 Å². The summed E-state index contributed by atoms with van der Waals surface area (Å²) in [5.41, 5.74) is 2.62. The SMILES string of the molecule is [C]1C[C]c2ccccc2C1. The lowest BCUT2D eigenvalue weighted by Crippen LogP contribution is -1.99. The van der Waals surface area contributed by atoms with Crippen LogP contribution >= 0.6 is 0 Å². The molecule has 0 nitrogen and oxygen atoms in total. The highest BCUT2D eigenvalue weighted by Gasteiger charge is 2.07. The van der Waals surface area contributed by atoms with Crippen LogP contribution in [0.1, 0.15) is 17.5 Å². The van der Waals surface area contributed by atoms with Gasteiger partial charge < -0.3 is 0 Å². The Labute approximate surface area is 61.9 Å². The van der Waals surface area contributed by atoms with Crippen molar-refractivity contribution in [3.05, 3.63) is 48.2 Å². The summed E-state index contributed by atoms with van der Waals surface area (Å²) in [6.07, 6.45) is 8.36. The van der Waals surface area contributed by atoms with Gasteiger partial charge in [-0.2, -0.15) is 0 Å². The third-order valence-corrected chi connectivity index (χ3v) is 1.74. The monoisotopic (exact) mass is 128 g/mol. The van der Waals surface area contributed by atoms with Crippen LogP contribution < -0.4 is 0 Å². The molecule has 0 saturated heterocycles. The maximum absolute atomic E-state index is 3.25. The van der Waals surface area contributed by atoms with Crippen LogP contribution in [0.3, 0.4) is 0 Å². The molecule has 0 heterocycles. The lowest BCUT2D eigenvalue weighted by molar-refractivity contribution is 0.957. The molecular formula is C10H8.